The van der Waals surface area contributed by atoms with Gasteiger partial charge in [-0.05, 0) is 85.8 Å². The SMILES string of the molecule is CCCCCCCCCCCCOc1ccc(-c2ccc(C(=O)Oc3ccc(C(=O)OC(C)CCCCCC)cc3)cc2)cc1. The Labute approximate surface area is 271 Å². The number of carbonyl (C=O) groups excluding carboxylic acids is 2. The Morgan fingerprint density at radius 1 is 0.533 bits per heavy atom. The molecule has 0 amide bonds. The van der Waals surface area contributed by atoms with E-state index in [1.807, 2.05) is 43.3 Å². The molecule has 1 atom stereocenters. The van der Waals surface area contributed by atoms with E-state index < -0.39 is 5.97 Å². The highest BCUT2D eigenvalue weighted by Gasteiger charge is 2.14. The Morgan fingerprint density at radius 2 is 0.978 bits per heavy atom. The Kier molecular flexibility index (Phi) is 16.9. The van der Waals surface area contributed by atoms with Gasteiger partial charge in [-0.25, -0.2) is 9.59 Å². The first-order valence-corrected chi connectivity index (χ1v) is 17.4. The number of rotatable bonds is 22. The van der Waals surface area contributed by atoms with E-state index in [9.17, 15) is 9.59 Å². The van der Waals surface area contributed by atoms with Gasteiger partial charge < -0.3 is 14.2 Å². The molecule has 0 fully saturated rings. The first-order chi connectivity index (χ1) is 22.0. The van der Waals surface area contributed by atoms with Gasteiger partial charge in [0.25, 0.3) is 0 Å². The number of hydrogen-bond donors (Lipinski definition) is 0. The van der Waals surface area contributed by atoms with Gasteiger partial charge in [0.15, 0.2) is 0 Å². The smallest absolute Gasteiger partial charge is 0.343 e. The van der Waals surface area contributed by atoms with Gasteiger partial charge in [-0.1, -0.05) is 115 Å². The van der Waals surface area contributed by atoms with E-state index in [4.69, 9.17) is 14.2 Å². The Balaban J connectivity index is 1.37. The molecular weight excluding hydrogens is 560 g/mol. The number of hydrogen-bond acceptors (Lipinski definition) is 5. The van der Waals surface area contributed by atoms with Gasteiger partial charge in [0, 0.05) is 0 Å². The van der Waals surface area contributed by atoms with Crippen LogP contribution in [0.4, 0.5) is 0 Å². The molecule has 0 aliphatic heterocycles. The highest BCUT2D eigenvalue weighted by Crippen LogP contribution is 2.24. The minimum atomic E-state index is -0.451. The van der Waals surface area contributed by atoms with E-state index in [1.165, 1.54) is 70.6 Å². The Bertz CT molecular complexity index is 1230. The van der Waals surface area contributed by atoms with Gasteiger partial charge in [-0.3, -0.25) is 0 Å². The van der Waals surface area contributed by atoms with Gasteiger partial charge in [0.05, 0.1) is 23.8 Å². The minimum Gasteiger partial charge on any atom is -0.494 e. The summed E-state index contributed by atoms with van der Waals surface area (Å²) in [7, 11) is 0. The van der Waals surface area contributed by atoms with Crippen molar-refractivity contribution >= 4 is 11.9 Å². The second-order valence-electron chi connectivity index (χ2n) is 12.1. The van der Waals surface area contributed by atoms with E-state index in [1.54, 1.807) is 36.4 Å². The van der Waals surface area contributed by atoms with Crippen LogP contribution in [0.3, 0.4) is 0 Å². The first kappa shape index (κ1) is 35.9. The fraction of sp³-hybridized carbons (Fsp3) is 0.500. The topological polar surface area (TPSA) is 61.8 Å². The second-order valence-corrected chi connectivity index (χ2v) is 12.1. The van der Waals surface area contributed by atoms with Crippen molar-refractivity contribution in [3.8, 4) is 22.6 Å². The zero-order chi connectivity index (χ0) is 32.1. The maximum absolute atomic E-state index is 12.7. The van der Waals surface area contributed by atoms with Gasteiger partial charge in [-0.2, -0.15) is 0 Å². The fourth-order valence-corrected chi connectivity index (χ4v) is 5.32. The molecule has 5 nitrogen and oxygen atoms in total. The number of esters is 2. The summed E-state index contributed by atoms with van der Waals surface area (Å²) >= 11 is 0. The van der Waals surface area contributed by atoms with Crippen molar-refractivity contribution in [2.75, 3.05) is 6.61 Å². The highest BCUT2D eigenvalue weighted by atomic mass is 16.5. The molecule has 5 heteroatoms. The van der Waals surface area contributed by atoms with Crippen LogP contribution in [-0.2, 0) is 4.74 Å². The van der Waals surface area contributed by atoms with Crippen molar-refractivity contribution in [2.45, 2.75) is 123 Å². The number of benzene rings is 3. The summed E-state index contributed by atoms with van der Waals surface area (Å²) in [4.78, 5) is 25.2. The van der Waals surface area contributed by atoms with Gasteiger partial charge in [0.1, 0.15) is 11.5 Å². The molecule has 45 heavy (non-hydrogen) atoms. The van der Waals surface area contributed by atoms with Crippen molar-refractivity contribution in [1.82, 2.24) is 0 Å². The number of unbranched alkanes of at least 4 members (excludes halogenated alkanes) is 12. The molecule has 0 aromatic heterocycles. The Morgan fingerprint density at radius 3 is 1.56 bits per heavy atom. The minimum absolute atomic E-state index is 0.125. The summed E-state index contributed by atoms with van der Waals surface area (Å²) in [5, 5.41) is 0. The summed E-state index contributed by atoms with van der Waals surface area (Å²) in [6, 6.07) is 21.9. The lowest BCUT2D eigenvalue weighted by Crippen LogP contribution is -2.15. The molecule has 0 bridgehead atoms. The molecule has 3 rings (SSSR count). The third-order valence-electron chi connectivity index (χ3n) is 8.15. The summed E-state index contributed by atoms with van der Waals surface area (Å²) in [5.41, 5.74) is 2.96. The third-order valence-corrected chi connectivity index (χ3v) is 8.15. The van der Waals surface area contributed by atoms with Crippen molar-refractivity contribution in [1.29, 1.82) is 0 Å². The average molecular weight is 615 g/mol. The fourth-order valence-electron chi connectivity index (χ4n) is 5.32. The summed E-state index contributed by atoms with van der Waals surface area (Å²) in [6.07, 6.45) is 18.5. The van der Waals surface area contributed by atoms with Gasteiger partial charge in [0.2, 0.25) is 0 Å². The van der Waals surface area contributed by atoms with Crippen molar-refractivity contribution in [2.24, 2.45) is 0 Å². The van der Waals surface area contributed by atoms with Gasteiger partial charge in [-0.15, -0.1) is 0 Å². The normalized spacial score (nSPS) is 11.6. The average Bonchev–Trinajstić information content (AvgIpc) is 3.06. The van der Waals surface area contributed by atoms with Crippen LogP contribution in [0.15, 0.2) is 72.8 Å². The van der Waals surface area contributed by atoms with E-state index in [0.29, 0.717) is 16.9 Å². The molecule has 0 radical (unpaired) electrons. The molecular formula is C40H54O5. The quantitative estimate of drug-likeness (QED) is 0.0640. The summed E-state index contributed by atoms with van der Waals surface area (Å²) in [6.45, 7) is 7.11. The molecule has 0 saturated carbocycles. The number of ether oxygens (including phenoxy) is 3. The molecule has 1 unspecified atom stereocenters. The van der Waals surface area contributed by atoms with Gasteiger partial charge >= 0.3 is 11.9 Å². The zero-order valence-corrected chi connectivity index (χ0v) is 27.9. The van der Waals surface area contributed by atoms with Crippen LogP contribution in [0.1, 0.15) is 138 Å². The lowest BCUT2D eigenvalue weighted by Gasteiger charge is -2.13. The lowest BCUT2D eigenvalue weighted by molar-refractivity contribution is 0.0319. The predicted molar refractivity (Wildman–Crippen MR) is 184 cm³/mol. The molecule has 0 spiro atoms. The van der Waals surface area contributed by atoms with Crippen LogP contribution in [0.5, 0.6) is 11.5 Å². The molecule has 0 heterocycles. The van der Waals surface area contributed by atoms with Crippen LogP contribution in [0.25, 0.3) is 11.1 Å². The van der Waals surface area contributed by atoms with Crippen LogP contribution >= 0.6 is 0 Å². The van der Waals surface area contributed by atoms with E-state index >= 15 is 0 Å². The molecule has 3 aromatic rings. The highest BCUT2D eigenvalue weighted by molar-refractivity contribution is 5.92. The molecule has 244 valence electrons. The molecule has 0 aliphatic carbocycles. The lowest BCUT2D eigenvalue weighted by atomic mass is 10.0. The van der Waals surface area contributed by atoms with Crippen molar-refractivity contribution < 1.29 is 23.8 Å². The van der Waals surface area contributed by atoms with Crippen molar-refractivity contribution in [3.05, 3.63) is 83.9 Å². The van der Waals surface area contributed by atoms with Crippen LogP contribution in [0, 0.1) is 0 Å². The van der Waals surface area contributed by atoms with E-state index in [2.05, 4.69) is 13.8 Å². The van der Waals surface area contributed by atoms with Crippen LogP contribution < -0.4 is 9.47 Å². The van der Waals surface area contributed by atoms with Crippen molar-refractivity contribution in [3.63, 3.8) is 0 Å². The summed E-state index contributed by atoms with van der Waals surface area (Å²) < 4.78 is 17.0. The second kappa shape index (κ2) is 21.2. The monoisotopic (exact) mass is 614 g/mol. The van der Waals surface area contributed by atoms with Crippen LogP contribution in [0.2, 0.25) is 0 Å². The first-order valence-electron chi connectivity index (χ1n) is 17.4. The predicted octanol–water partition coefficient (Wildman–Crippen LogP) is 11.4. The standard InChI is InChI=1S/C40H54O5/c1-4-6-8-10-11-12-13-14-15-17-31-43-37-27-23-34(24-28-37)33-19-21-35(22-20-33)40(42)45-38-29-25-36(26-30-38)39(41)44-32(3)18-16-9-7-5-2/h19-30,32H,4-18,31H2,1-3H3. The maximum atomic E-state index is 12.7. The largest absolute Gasteiger partial charge is 0.494 e. The third kappa shape index (κ3) is 13.9. The zero-order valence-electron chi connectivity index (χ0n) is 27.9. The van der Waals surface area contributed by atoms with E-state index in [-0.39, 0.29) is 12.1 Å². The van der Waals surface area contributed by atoms with Crippen LogP contribution in [-0.4, -0.2) is 24.6 Å². The summed E-state index contributed by atoms with van der Waals surface area (Å²) in [5.74, 6) is 0.446. The number of carbonyl (C=O) groups is 2. The maximum Gasteiger partial charge on any atom is 0.343 e. The molecule has 0 saturated heterocycles. The van der Waals surface area contributed by atoms with E-state index in [0.717, 1.165) is 49.2 Å². The molecule has 0 N–H and O–H groups in total. The Hall–Kier alpha value is -3.60. The molecule has 0 aliphatic rings. The molecule has 3 aromatic carbocycles.